The number of aromatic amines is 1. The van der Waals surface area contributed by atoms with Gasteiger partial charge in [-0.25, -0.2) is 0 Å². The molecule has 0 saturated heterocycles. The lowest BCUT2D eigenvalue weighted by Gasteiger charge is -2.01. The Balaban J connectivity index is 2.41. The predicted octanol–water partition coefficient (Wildman–Crippen LogP) is 1.97. The van der Waals surface area contributed by atoms with Crippen LogP contribution in [0.15, 0.2) is 33.2 Å². The summed E-state index contributed by atoms with van der Waals surface area (Å²) in [7, 11) is 0. The van der Waals surface area contributed by atoms with Crippen molar-refractivity contribution in [3.05, 3.63) is 39.7 Å². The van der Waals surface area contributed by atoms with Gasteiger partial charge >= 0.3 is 0 Å². The summed E-state index contributed by atoms with van der Waals surface area (Å²) in [4.78, 5) is 17.7. The molecular weight excluding hydrogens is 244 g/mol. The van der Waals surface area contributed by atoms with Crippen LogP contribution in [-0.4, -0.2) is 9.97 Å². The quantitative estimate of drug-likeness (QED) is 0.712. The van der Waals surface area contributed by atoms with E-state index in [9.17, 15) is 4.79 Å². The Morgan fingerprint density at radius 2 is 1.95 bits per heavy atom. The lowest BCUT2D eigenvalue weighted by molar-refractivity contribution is 1.10. The molecule has 2 rings (SSSR count). The third-order valence-corrected chi connectivity index (χ3v) is 2.55. The minimum atomic E-state index is -0.515. The van der Waals surface area contributed by atoms with E-state index >= 15 is 0 Å². The number of rotatable bonds is 2. The monoisotopic (exact) mass is 258 g/mol. The standard InChI is InChI=1S/C12H14N6O/c1-6-3-4-8(7(2)5-6)17-18-9-10(13)15-12(14)16-11(9)19/h3-5H,1-2H3,(H5,13,14,15,16,19). The van der Waals surface area contributed by atoms with Crippen LogP contribution in [-0.2, 0) is 0 Å². The zero-order chi connectivity index (χ0) is 14.0. The second kappa shape index (κ2) is 4.89. The smallest absolute Gasteiger partial charge is 0.282 e. The lowest BCUT2D eigenvalue weighted by Crippen LogP contribution is -2.12. The highest BCUT2D eigenvalue weighted by Crippen LogP contribution is 2.23. The third kappa shape index (κ3) is 2.76. The summed E-state index contributed by atoms with van der Waals surface area (Å²) in [6.07, 6.45) is 0. The molecule has 0 radical (unpaired) electrons. The van der Waals surface area contributed by atoms with Crippen LogP contribution in [0.1, 0.15) is 11.1 Å². The summed E-state index contributed by atoms with van der Waals surface area (Å²) >= 11 is 0. The van der Waals surface area contributed by atoms with Crippen LogP contribution in [0.25, 0.3) is 0 Å². The molecule has 0 unspecified atom stereocenters. The van der Waals surface area contributed by atoms with Gasteiger partial charge in [0.05, 0.1) is 5.69 Å². The van der Waals surface area contributed by atoms with E-state index in [2.05, 4.69) is 20.2 Å². The van der Waals surface area contributed by atoms with E-state index in [-0.39, 0.29) is 17.5 Å². The van der Waals surface area contributed by atoms with Crippen LogP contribution in [0.2, 0.25) is 0 Å². The molecule has 1 aromatic carbocycles. The summed E-state index contributed by atoms with van der Waals surface area (Å²) in [5.41, 5.74) is 13.1. The summed E-state index contributed by atoms with van der Waals surface area (Å²) in [6, 6.07) is 5.71. The Labute approximate surface area is 109 Å². The van der Waals surface area contributed by atoms with Crippen LogP contribution < -0.4 is 17.0 Å². The molecule has 0 bridgehead atoms. The van der Waals surface area contributed by atoms with Gasteiger partial charge in [0, 0.05) is 0 Å². The Hall–Kier alpha value is -2.70. The van der Waals surface area contributed by atoms with Crippen molar-refractivity contribution < 1.29 is 0 Å². The molecule has 19 heavy (non-hydrogen) atoms. The number of anilines is 2. The molecule has 0 atom stereocenters. The molecule has 0 fully saturated rings. The minimum Gasteiger partial charge on any atom is -0.382 e. The van der Waals surface area contributed by atoms with Crippen molar-refractivity contribution in [3.63, 3.8) is 0 Å². The van der Waals surface area contributed by atoms with Crippen LogP contribution in [0.4, 0.5) is 23.1 Å². The van der Waals surface area contributed by atoms with Crippen molar-refractivity contribution in [3.8, 4) is 0 Å². The molecule has 0 aliphatic rings. The predicted molar refractivity (Wildman–Crippen MR) is 73.8 cm³/mol. The topological polar surface area (TPSA) is 123 Å². The largest absolute Gasteiger partial charge is 0.382 e. The number of azo groups is 1. The van der Waals surface area contributed by atoms with Crippen molar-refractivity contribution in [2.75, 3.05) is 11.5 Å². The lowest BCUT2D eigenvalue weighted by atomic mass is 10.1. The fourth-order valence-electron chi connectivity index (χ4n) is 1.62. The average molecular weight is 258 g/mol. The molecule has 0 aliphatic carbocycles. The summed E-state index contributed by atoms with van der Waals surface area (Å²) in [5.74, 6) is -0.0947. The van der Waals surface area contributed by atoms with Crippen LogP contribution in [0.3, 0.4) is 0 Å². The maximum Gasteiger partial charge on any atom is 0.282 e. The molecule has 2 aromatic rings. The van der Waals surface area contributed by atoms with Gasteiger partial charge in [0.15, 0.2) is 11.5 Å². The molecule has 98 valence electrons. The van der Waals surface area contributed by atoms with E-state index in [0.717, 1.165) is 11.1 Å². The van der Waals surface area contributed by atoms with Gasteiger partial charge in [0.1, 0.15) is 0 Å². The van der Waals surface area contributed by atoms with E-state index in [1.807, 2.05) is 32.0 Å². The molecular formula is C12H14N6O. The van der Waals surface area contributed by atoms with Gasteiger partial charge in [0.2, 0.25) is 5.95 Å². The van der Waals surface area contributed by atoms with Gasteiger partial charge in [-0.2, -0.15) is 4.98 Å². The van der Waals surface area contributed by atoms with Gasteiger partial charge in [-0.15, -0.1) is 10.2 Å². The average Bonchev–Trinajstić information content (AvgIpc) is 2.30. The summed E-state index contributed by atoms with van der Waals surface area (Å²) in [5, 5.41) is 7.86. The Morgan fingerprint density at radius 1 is 1.21 bits per heavy atom. The van der Waals surface area contributed by atoms with E-state index in [1.54, 1.807) is 0 Å². The zero-order valence-electron chi connectivity index (χ0n) is 10.6. The second-order valence-corrected chi connectivity index (χ2v) is 4.17. The van der Waals surface area contributed by atoms with Crippen molar-refractivity contribution in [1.29, 1.82) is 0 Å². The Morgan fingerprint density at radius 3 is 2.58 bits per heavy atom. The normalized spacial score (nSPS) is 11.1. The highest BCUT2D eigenvalue weighted by molar-refractivity contribution is 5.57. The molecule has 7 heteroatoms. The molecule has 5 N–H and O–H groups in total. The third-order valence-electron chi connectivity index (χ3n) is 2.55. The van der Waals surface area contributed by atoms with Gasteiger partial charge in [0.25, 0.3) is 5.56 Å². The van der Waals surface area contributed by atoms with Crippen LogP contribution in [0, 0.1) is 13.8 Å². The van der Waals surface area contributed by atoms with E-state index in [0.29, 0.717) is 5.69 Å². The first-order chi connectivity index (χ1) is 8.97. The maximum atomic E-state index is 11.6. The first-order valence-electron chi connectivity index (χ1n) is 5.61. The number of aryl methyl sites for hydroxylation is 2. The summed E-state index contributed by atoms with van der Waals surface area (Å²) in [6.45, 7) is 3.90. The van der Waals surface area contributed by atoms with Crippen molar-refractivity contribution in [2.24, 2.45) is 10.2 Å². The number of nitrogen functional groups attached to an aromatic ring is 2. The number of nitrogens with one attached hydrogen (secondary N) is 1. The highest BCUT2D eigenvalue weighted by Gasteiger charge is 2.06. The van der Waals surface area contributed by atoms with Gasteiger partial charge < -0.3 is 11.5 Å². The number of H-pyrrole nitrogens is 1. The Kier molecular flexibility index (Phi) is 3.28. The van der Waals surface area contributed by atoms with E-state index in [4.69, 9.17) is 11.5 Å². The fraction of sp³-hybridized carbons (Fsp3) is 0.167. The SMILES string of the molecule is Cc1ccc(N=Nc2c(N)nc(N)[nH]c2=O)c(C)c1. The molecule has 0 spiro atoms. The maximum absolute atomic E-state index is 11.6. The molecule has 1 aromatic heterocycles. The Bertz CT molecular complexity index is 704. The van der Waals surface area contributed by atoms with Gasteiger partial charge in [-0.1, -0.05) is 17.7 Å². The fourth-order valence-corrected chi connectivity index (χ4v) is 1.62. The first kappa shape index (κ1) is 12.7. The molecule has 0 aliphatic heterocycles. The zero-order valence-corrected chi connectivity index (χ0v) is 10.6. The van der Waals surface area contributed by atoms with Crippen molar-refractivity contribution in [2.45, 2.75) is 13.8 Å². The molecule has 0 amide bonds. The molecule has 7 nitrogen and oxygen atoms in total. The first-order valence-corrected chi connectivity index (χ1v) is 5.61. The number of hydrogen-bond acceptors (Lipinski definition) is 6. The number of hydrogen-bond donors (Lipinski definition) is 3. The highest BCUT2D eigenvalue weighted by atomic mass is 16.1. The van der Waals surface area contributed by atoms with Crippen molar-refractivity contribution >= 4 is 23.1 Å². The minimum absolute atomic E-state index is 0.0465. The molecule has 0 saturated carbocycles. The number of aromatic nitrogens is 2. The van der Waals surface area contributed by atoms with Gasteiger partial charge in [-0.3, -0.25) is 9.78 Å². The van der Waals surface area contributed by atoms with Crippen LogP contribution in [0.5, 0.6) is 0 Å². The van der Waals surface area contributed by atoms with E-state index < -0.39 is 5.56 Å². The van der Waals surface area contributed by atoms with Crippen LogP contribution >= 0.6 is 0 Å². The molecule has 1 heterocycles. The summed E-state index contributed by atoms with van der Waals surface area (Å²) < 4.78 is 0. The number of benzene rings is 1. The second-order valence-electron chi connectivity index (χ2n) is 4.17. The van der Waals surface area contributed by atoms with Gasteiger partial charge in [-0.05, 0) is 25.5 Å². The van der Waals surface area contributed by atoms with E-state index in [1.165, 1.54) is 0 Å². The van der Waals surface area contributed by atoms with Crippen molar-refractivity contribution in [1.82, 2.24) is 9.97 Å². The number of nitrogens with zero attached hydrogens (tertiary/aromatic N) is 3. The number of nitrogens with two attached hydrogens (primary N) is 2.